The minimum atomic E-state index is -3.45. The number of pyridine rings is 1. The monoisotopic (exact) mass is 389 g/mol. The number of fused-ring (bicyclic) bond motifs is 1. The largest absolute Gasteiger partial charge is 0.355 e. The fraction of sp³-hybridized carbons (Fsp3) is 0.211. The molecule has 3 aromatic rings. The molecule has 0 unspecified atom stereocenters. The Labute approximate surface area is 158 Å². The molecule has 0 bridgehead atoms. The van der Waals surface area contributed by atoms with Crippen molar-refractivity contribution in [2.45, 2.75) is 18.7 Å². The highest BCUT2D eigenvalue weighted by Crippen LogP contribution is 2.28. The van der Waals surface area contributed by atoms with Crippen LogP contribution in [0.1, 0.15) is 13.8 Å². The first-order valence-corrected chi connectivity index (χ1v) is 10.2. The Bertz CT molecular complexity index is 1020. The maximum Gasteiger partial charge on any atom is 0.243 e. The number of benzene rings is 2. The Morgan fingerprint density at radius 1 is 1.04 bits per heavy atom. The molecule has 1 heterocycles. The molecule has 26 heavy (non-hydrogen) atoms. The maximum absolute atomic E-state index is 12.6. The van der Waals surface area contributed by atoms with E-state index in [1.54, 1.807) is 36.5 Å². The van der Waals surface area contributed by atoms with Gasteiger partial charge in [-0.2, -0.15) is 4.31 Å². The lowest BCUT2D eigenvalue weighted by Gasteiger charge is -2.18. The van der Waals surface area contributed by atoms with E-state index in [-0.39, 0.29) is 4.90 Å². The van der Waals surface area contributed by atoms with E-state index in [0.717, 1.165) is 22.3 Å². The zero-order valence-electron chi connectivity index (χ0n) is 14.6. The summed E-state index contributed by atoms with van der Waals surface area (Å²) >= 11 is 6.09. The van der Waals surface area contributed by atoms with Crippen molar-refractivity contribution in [3.63, 3.8) is 0 Å². The number of sulfonamides is 1. The van der Waals surface area contributed by atoms with Gasteiger partial charge in [0.15, 0.2) is 0 Å². The predicted molar refractivity (Wildman–Crippen MR) is 107 cm³/mol. The van der Waals surface area contributed by atoms with Crippen LogP contribution in [0.25, 0.3) is 10.9 Å². The highest BCUT2D eigenvalue weighted by molar-refractivity contribution is 7.89. The van der Waals surface area contributed by atoms with Crippen LogP contribution in [0.2, 0.25) is 5.02 Å². The molecule has 1 N–H and O–H groups in total. The number of aromatic nitrogens is 1. The standard InChI is InChI=1S/C19H20ClN3O2S/c1-3-23(4-2)26(24,25)16-8-6-15(7-9-16)22-19-11-12-21-18-10-5-14(20)13-17(18)19/h5-13H,3-4H2,1-2H3,(H,21,22). The molecule has 2 aromatic carbocycles. The zero-order valence-corrected chi connectivity index (χ0v) is 16.2. The molecule has 0 aliphatic carbocycles. The van der Waals surface area contributed by atoms with E-state index in [1.165, 1.54) is 4.31 Å². The third-order valence-electron chi connectivity index (χ3n) is 4.18. The molecule has 5 nitrogen and oxygen atoms in total. The smallest absolute Gasteiger partial charge is 0.243 e. The van der Waals surface area contributed by atoms with Crippen LogP contribution in [0.4, 0.5) is 11.4 Å². The van der Waals surface area contributed by atoms with Crippen molar-refractivity contribution in [2.24, 2.45) is 0 Å². The summed E-state index contributed by atoms with van der Waals surface area (Å²) in [5.74, 6) is 0. The topological polar surface area (TPSA) is 62.3 Å². The van der Waals surface area contributed by atoms with Crippen molar-refractivity contribution >= 4 is 43.9 Å². The van der Waals surface area contributed by atoms with Gasteiger partial charge in [0.05, 0.1) is 10.4 Å². The molecule has 0 atom stereocenters. The van der Waals surface area contributed by atoms with Gasteiger partial charge in [-0.3, -0.25) is 4.98 Å². The lowest BCUT2D eigenvalue weighted by molar-refractivity contribution is 0.445. The molecule has 0 amide bonds. The first-order valence-electron chi connectivity index (χ1n) is 8.37. The van der Waals surface area contributed by atoms with Gasteiger partial charge in [-0.25, -0.2) is 8.42 Å². The van der Waals surface area contributed by atoms with Crippen LogP contribution in [0.15, 0.2) is 59.6 Å². The quantitative estimate of drug-likeness (QED) is 0.665. The van der Waals surface area contributed by atoms with Gasteiger partial charge >= 0.3 is 0 Å². The Morgan fingerprint density at radius 2 is 1.73 bits per heavy atom. The predicted octanol–water partition coefficient (Wildman–Crippen LogP) is 4.66. The van der Waals surface area contributed by atoms with Crippen LogP contribution in [0.3, 0.4) is 0 Å². The summed E-state index contributed by atoms with van der Waals surface area (Å²) in [6.07, 6.45) is 1.72. The molecule has 1 aromatic heterocycles. The van der Waals surface area contributed by atoms with Crippen LogP contribution in [0.5, 0.6) is 0 Å². The van der Waals surface area contributed by atoms with E-state index in [4.69, 9.17) is 11.6 Å². The molecule has 7 heteroatoms. The molecule has 3 rings (SSSR count). The Kier molecular flexibility index (Phi) is 5.46. The van der Waals surface area contributed by atoms with E-state index in [2.05, 4.69) is 10.3 Å². The van der Waals surface area contributed by atoms with E-state index in [0.29, 0.717) is 18.1 Å². The number of rotatable bonds is 6. The lowest BCUT2D eigenvalue weighted by atomic mass is 10.2. The highest BCUT2D eigenvalue weighted by atomic mass is 35.5. The van der Waals surface area contributed by atoms with Crippen LogP contribution < -0.4 is 5.32 Å². The van der Waals surface area contributed by atoms with E-state index >= 15 is 0 Å². The molecular weight excluding hydrogens is 370 g/mol. The average molecular weight is 390 g/mol. The summed E-state index contributed by atoms with van der Waals surface area (Å²) in [6.45, 7) is 4.55. The number of hydrogen-bond acceptors (Lipinski definition) is 4. The molecule has 0 aliphatic rings. The third kappa shape index (κ3) is 3.67. The molecule has 136 valence electrons. The fourth-order valence-electron chi connectivity index (χ4n) is 2.81. The van der Waals surface area contributed by atoms with Gasteiger partial charge in [0.2, 0.25) is 10.0 Å². The fourth-order valence-corrected chi connectivity index (χ4v) is 4.44. The van der Waals surface area contributed by atoms with Gasteiger partial charge in [0.1, 0.15) is 0 Å². The van der Waals surface area contributed by atoms with E-state index < -0.39 is 10.0 Å². The third-order valence-corrected chi connectivity index (χ3v) is 6.48. The Morgan fingerprint density at radius 3 is 2.38 bits per heavy atom. The highest BCUT2D eigenvalue weighted by Gasteiger charge is 2.21. The number of hydrogen-bond donors (Lipinski definition) is 1. The van der Waals surface area contributed by atoms with Gasteiger partial charge in [-0.05, 0) is 48.5 Å². The van der Waals surface area contributed by atoms with Crippen LogP contribution >= 0.6 is 11.6 Å². The Balaban J connectivity index is 1.90. The summed E-state index contributed by atoms with van der Waals surface area (Å²) in [5.41, 5.74) is 2.48. The summed E-state index contributed by atoms with van der Waals surface area (Å²) in [6, 6.07) is 14.1. The second-order valence-corrected chi connectivity index (χ2v) is 8.13. The maximum atomic E-state index is 12.6. The number of halogens is 1. The number of nitrogens with zero attached hydrogens (tertiary/aromatic N) is 2. The first-order chi connectivity index (χ1) is 12.5. The van der Waals surface area contributed by atoms with Crippen LogP contribution in [0, 0.1) is 0 Å². The second-order valence-electron chi connectivity index (χ2n) is 5.76. The Hall–Kier alpha value is -2.15. The molecule has 0 spiro atoms. The van der Waals surface area contributed by atoms with Crippen molar-refractivity contribution in [3.8, 4) is 0 Å². The van der Waals surface area contributed by atoms with Crippen molar-refractivity contribution in [2.75, 3.05) is 18.4 Å². The molecule has 0 radical (unpaired) electrons. The number of nitrogens with one attached hydrogen (secondary N) is 1. The summed E-state index contributed by atoms with van der Waals surface area (Å²) < 4.78 is 26.6. The summed E-state index contributed by atoms with van der Waals surface area (Å²) in [5, 5.41) is 4.84. The normalized spacial score (nSPS) is 11.8. The van der Waals surface area contributed by atoms with Crippen molar-refractivity contribution in [1.29, 1.82) is 0 Å². The molecule has 0 aliphatic heterocycles. The zero-order chi connectivity index (χ0) is 18.7. The molecule has 0 saturated carbocycles. The SMILES string of the molecule is CCN(CC)S(=O)(=O)c1ccc(Nc2ccnc3ccc(Cl)cc23)cc1. The lowest BCUT2D eigenvalue weighted by Crippen LogP contribution is -2.30. The van der Waals surface area contributed by atoms with Gasteiger partial charge in [-0.15, -0.1) is 0 Å². The number of anilines is 2. The first kappa shape index (κ1) is 18.6. The van der Waals surface area contributed by atoms with Gasteiger partial charge in [0.25, 0.3) is 0 Å². The average Bonchev–Trinajstić information content (AvgIpc) is 2.63. The minimum Gasteiger partial charge on any atom is -0.355 e. The van der Waals surface area contributed by atoms with Gasteiger partial charge in [-0.1, -0.05) is 25.4 Å². The van der Waals surface area contributed by atoms with Gasteiger partial charge < -0.3 is 5.32 Å². The van der Waals surface area contributed by atoms with Crippen molar-refractivity contribution in [1.82, 2.24) is 9.29 Å². The second kappa shape index (κ2) is 7.61. The van der Waals surface area contributed by atoms with Crippen LogP contribution in [-0.4, -0.2) is 30.8 Å². The summed E-state index contributed by atoms with van der Waals surface area (Å²) in [4.78, 5) is 4.61. The van der Waals surface area contributed by atoms with Gasteiger partial charge in [0, 0.05) is 41.1 Å². The van der Waals surface area contributed by atoms with Crippen LogP contribution in [-0.2, 0) is 10.0 Å². The summed E-state index contributed by atoms with van der Waals surface area (Å²) in [7, 11) is -3.45. The minimum absolute atomic E-state index is 0.286. The van der Waals surface area contributed by atoms with Crippen molar-refractivity contribution in [3.05, 3.63) is 59.8 Å². The van der Waals surface area contributed by atoms with E-state index in [1.807, 2.05) is 32.0 Å². The molecule has 0 saturated heterocycles. The molecule has 0 fully saturated rings. The van der Waals surface area contributed by atoms with E-state index in [9.17, 15) is 8.42 Å². The molecular formula is C19H20ClN3O2S. The van der Waals surface area contributed by atoms with Crippen molar-refractivity contribution < 1.29 is 8.42 Å².